The van der Waals surface area contributed by atoms with Crippen LogP contribution in [0.2, 0.25) is 0 Å². The summed E-state index contributed by atoms with van der Waals surface area (Å²) in [5, 5.41) is 9.15. The van der Waals surface area contributed by atoms with Gasteiger partial charge in [0.05, 0.1) is 24.7 Å². The minimum absolute atomic E-state index is 0.000182. The quantitative estimate of drug-likeness (QED) is 0.667. The third kappa shape index (κ3) is 4.95. The van der Waals surface area contributed by atoms with E-state index in [4.69, 9.17) is 15.7 Å². The van der Waals surface area contributed by atoms with E-state index in [1.165, 1.54) is 12.1 Å². The first-order valence-corrected chi connectivity index (χ1v) is 6.80. The second-order valence-electron chi connectivity index (χ2n) is 3.92. The Morgan fingerprint density at radius 2 is 2.14 bits per heavy atom. The fraction of sp³-hybridized carbons (Fsp3) is 0.385. The normalized spacial score (nSPS) is 11.0. The lowest BCUT2D eigenvalue weighted by atomic mass is 9.99. The number of rotatable bonds is 5. The smallest absolute Gasteiger partial charge is 0.446 e. The number of ether oxygens (including phenoxy) is 1. The highest BCUT2D eigenvalue weighted by atomic mass is 32.2. The number of thioether (sulfide) groups is 1. The summed E-state index contributed by atoms with van der Waals surface area (Å²) in [6.07, 6.45) is -0.400. The van der Waals surface area contributed by atoms with E-state index in [9.17, 15) is 18.0 Å². The second kappa shape index (κ2) is 7.33. The number of benzene rings is 1. The van der Waals surface area contributed by atoms with Crippen molar-refractivity contribution in [3.63, 3.8) is 0 Å². The van der Waals surface area contributed by atoms with Crippen molar-refractivity contribution < 1.29 is 22.7 Å². The maximum Gasteiger partial charge on any atom is 0.446 e. The van der Waals surface area contributed by atoms with Crippen LogP contribution in [0, 0.1) is 11.3 Å². The summed E-state index contributed by atoms with van der Waals surface area (Å²) >= 11 is -0.364. The summed E-state index contributed by atoms with van der Waals surface area (Å²) in [5.74, 6) is -0.688. The molecular weight excluding hydrogens is 305 g/mol. The molecule has 1 aromatic rings. The molecule has 0 unspecified atom stereocenters. The SMILES string of the molecule is CCOC(=O)Cc1c(SC(F)(F)F)ccc(CN)c1C#N. The van der Waals surface area contributed by atoms with Crippen LogP contribution in [0.3, 0.4) is 0 Å². The largest absolute Gasteiger partial charge is 0.466 e. The van der Waals surface area contributed by atoms with Gasteiger partial charge in [0.25, 0.3) is 0 Å². The van der Waals surface area contributed by atoms with Crippen molar-refractivity contribution in [1.29, 1.82) is 5.26 Å². The minimum atomic E-state index is -4.51. The van der Waals surface area contributed by atoms with Gasteiger partial charge in [0.1, 0.15) is 0 Å². The van der Waals surface area contributed by atoms with Crippen LogP contribution in [0.15, 0.2) is 17.0 Å². The van der Waals surface area contributed by atoms with Gasteiger partial charge in [-0.15, -0.1) is 0 Å². The van der Waals surface area contributed by atoms with Gasteiger partial charge >= 0.3 is 11.5 Å². The molecule has 1 rings (SSSR count). The van der Waals surface area contributed by atoms with Gasteiger partial charge in [-0.05, 0) is 35.9 Å². The van der Waals surface area contributed by atoms with Crippen molar-refractivity contribution in [3.05, 3.63) is 28.8 Å². The van der Waals surface area contributed by atoms with Crippen molar-refractivity contribution in [2.75, 3.05) is 6.61 Å². The van der Waals surface area contributed by atoms with Crippen LogP contribution < -0.4 is 5.73 Å². The van der Waals surface area contributed by atoms with Crippen LogP contribution in [-0.4, -0.2) is 18.1 Å². The van der Waals surface area contributed by atoms with Crippen LogP contribution in [0.5, 0.6) is 0 Å². The molecule has 0 heterocycles. The summed E-state index contributed by atoms with van der Waals surface area (Å²) in [6.45, 7) is 1.69. The average Bonchev–Trinajstić information content (AvgIpc) is 2.39. The van der Waals surface area contributed by atoms with E-state index in [-0.39, 0.29) is 40.9 Å². The molecule has 114 valence electrons. The van der Waals surface area contributed by atoms with Gasteiger partial charge in [-0.25, -0.2) is 0 Å². The van der Waals surface area contributed by atoms with Crippen molar-refractivity contribution in [1.82, 2.24) is 0 Å². The van der Waals surface area contributed by atoms with Gasteiger partial charge in [-0.1, -0.05) is 6.07 Å². The third-order valence-corrected chi connectivity index (χ3v) is 3.37. The number of hydrogen-bond donors (Lipinski definition) is 1. The summed E-state index contributed by atoms with van der Waals surface area (Å²) < 4.78 is 42.4. The minimum Gasteiger partial charge on any atom is -0.466 e. The number of halogens is 3. The molecule has 0 bridgehead atoms. The summed E-state index contributed by atoms with van der Waals surface area (Å²) in [7, 11) is 0. The summed E-state index contributed by atoms with van der Waals surface area (Å²) in [6, 6.07) is 4.40. The Morgan fingerprint density at radius 1 is 1.48 bits per heavy atom. The van der Waals surface area contributed by atoms with E-state index in [0.717, 1.165) is 0 Å². The molecule has 4 nitrogen and oxygen atoms in total. The topological polar surface area (TPSA) is 76.1 Å². The van der Waals surface area contributed by atoms with E-state index in [2.05, 4.69) is 0 Å². The molecule has 0 aliphatic heterocycles. The van der Waals surface area contributed by atoms with E-state index in [1.807, 2.05) is 6.07 Å². The Bertz CT molecular complexity index is 568. The lowest BCUT2D eigenvalue weighted by molar-refractivity contribution is -0.142. The highest BCUT2D eigenvalue weighted by molar-refractivity contribution is 8.00. The van der Waals surface area contributed by atoms with E-state index in [1.54, 1.807) is 6.92 Å². The molecule has 0 aromatic heterocycles. The molecule has 2 N–H and O–H groups in total. The molecule has 0 radical (unpaired) electrons. The van der Waals surface area contributed by atoms with Crippen LogP contribution in [-0.2, 0) is 22.5 Å². The van der Waals surface area contributed by atoms with Crippen molar-refractivity contribution in [3.8, 4) is 6.07 Å². The molecular formula is C13H13F3N2O2S. The number of carbonyl (C=O) groups is 1. The van der Waals surface area contributed by atoms with Gasteiger partial charge in [-0.2, -0.15) is 18.4 Å². The zero-order chi connectivity index (χ0) is 16.0. The Labute approximate surface area is 124 Å². The highest BCUT2D eigenvalue weighted by Gasteiger charge is 2.31. The second-order valence-corrected chi connectivity index (χ2v) is 5.03. The van der Waals surface area contributed by atoms with E-state index in [0.29, 0.717) is 5.56 Å². The van der Waals surface area contributed by atoms with Gasteiger partial charge < -0.3 is 10.5 Å². The summed E-state index contributed by atoms with van der Waals surface area (Å²) in [5.41, 5.74) is 1.34. The van der Waals surface area contributed by atoms with E-state index < -0.39 is 17.9 Å². The molecule has 0 saturated heterocycles. The fourth-order valence-electron chi connectivity index (χ4n) is 1.74. The Balaban J connectivity index is 3.30. The maximum absolute atomic E-state index is 12.6. The first kappa shape index (κ1) is 17.3. The lowest BCUT2D eigenvalue weighted by Gasteiger charge is -2.14. The van der Waals surface area contributed by atoms with Crippen molar-refractivity contribution in [2.24, 2.45) is 5.73 Å². The number of esters is 1. The monoisotopic (exact) mass is 318 g/mol. The molecule has 0 atom stereocenters. The fourth-order valence-corrected chi connectivity index (χ4v) is 2.42. The standard InChI is InChI=1S/C13H13F3N2O2S/c1-2-20-12(19)5-9-10(7-18)8(6-17)3-4-11(9)21-13(14,15)16/h3-4H,2,5-6,17H2,1H3. The van der Waals surface area contributed by atoms with Crippen LogP contribution in [0.25, 0.3) is 0 Å². The lowest BCUT2D eigenvalue weighted by Crippen LogP contribution is -2.13. The van der Waals surface area contributed by atoms with Gasteiger partial charge in [-0.3, -0.25) is 4.79 Å². The number of nitriles is 1. The Kier molecular flexibility index (Phi) is 6.05. The number of hydrogen-bond acceptors (Lipinski definition) is 5. The molecule has 21 heavy (non-hydrogen) atoms. The molecule has 0 saturated carbocycles. The predicted octanol–water partition coefficient (Wildman–Crippen LogP) is 2.73. The predicted molar refractivity (Wildman–Crippen MR) is 71.3 cm³/mol. The molecule has 8 heteroatoms. The molecule has 0 aliphatic rings. The molecule has 0 aliphatic carbocycles. The van der Waals surface area contributed by atoms with Crippen LogP contribution >= 0.6 is 11.8 Å². The number of nitrogens with zero attached hydrogens (tertiary/aromatic N) is 1. The highest BCUT2D eigenvalue weighted by Crippen LogP contribution is 2.40. The van der Waals surface area contributed by atoms with Crippen LogP contribution in [0.4, 0.5) is 13.2 Å². The first-order valence-electron chi connectivity index (χ1n) is 5.98. The van der Waals surface area contributed by atoms with E-state index >= 15 is 0 Å². The van der Waals surface area contributed by atoms with Crippen LogP contribution in [0.1, 0.15) is 23.6 Å². The van der Waals surface area contributed by atoms with Gasteiger partial charge in [0.15, 0.2) is 0 Å². The third-order valence-electron chi connectivity index (χ3n) is 2.54. The molecule has 0 amide bonds. The first-order chi connectivity index (χ1) is 9.82. The molecule has 0 spiro atoms. The Hall–Kier alpha value is -1.72. The van der Waals surface area contributed by atoms with Crippen molar-refractivity contribution in [2.45, 2.75) is 30.3 Å². The van der Waals surface area contributed by atoms with Gasteiger partial charge in [0.2, 0.25) is 0 Å². The molecule has 1 aromatic carbocycles. The number of alkyl halides is 3. The van der Waals surface area contributed by atoms with Crippen molar-refractivity contribution >= 4 is 17.7 Å². The Morgan fingerprint density at radius 3 is 2.62 bits per heavy atom. The summed E-state index contributed by atoms with van der Waals surface area (Å²) in [4.78, 5) is 11.4. The maximum atomic E-state index is 12.6. The zero-order valence-electron chi connectivity index (χ0n) is 11.2. The zero-order valence-corrected chi connectivity index (χ0v) is 12.0. The number of carbonyl (C=O) groups excluding carboxylic acids is 1. The molecule has 0 fully saturated rings. The number of nitrogens with two attached hydrogens (primary N) is 1. The van der Waals surface area contributed by atoms with Gasteiger partial charge in [0, 0.05) is 11.4 Å². The average molecular weight is 318 g/mol.